The molecule has 2 aromatic heterocycles. The molecule has 1 atom stereocenters. The number of benzene rings is 1. The van der Waals surface area contributed by atoms with Crippen LogP contribution in [0.4, 0.5) is 22.0 Å². The number of rotatable bonds is 5. The lowest BCUT2D eigenvalue weighted by Gasteiger charge is -2.20. The van der Waals surface area contributed by atoms with Crippen LogP contribution < -0.4 is 10.9 Å². The van der Waals surface area contributed by atoms with Gasteiger partial charge in [0.15, 0.2) is 5.69 Å². The fraction of sp³-hybridized carbons (Fsp3) is 0.350. The summed E-state index contributed by atoms with van der Waals surface area (Å²) >= 11 is 5.98. The Morgan fingerprint density at radius 1 is 1.28 bits per heavy atom. The number of alkyl halides is 5. The van der Waals surface area contributed by atoms with E-state index in [0.717, 1.165) is 6.20 Å². The quantitative estimate of drug-likeness (QED) is 0.517. The molecule has 1 amide bonds. The summed E-state index contributed by atoms with van der Waals surface area (Å²) in [6.07, 6.45) is -4.60. The Morgan fingerprint density at radius 3 is 2.50 bits per heavy atom. The highest BCUT2D eigenvalue weighted by Crippen LogP contribution is 2.46. The second-order valence-corrected chi connectivity index (χ2v) is 7.74. The number of nitrogens with zero attached hydrogens (tertiary/aromatic N) is 2. The number of nitrogens with one attached hydrogen (secondary N) is 2. The molecule has 1 aromatic carbocycles. The van der Waals surface area contributed by atoms with Crippen molar-refractivity contribution in [2.75, 3.05) is 0 Å². The minimum Gasteiger partial charge on any atom is -0.348 e. The van der Waals surface area contributed by atoms with Gasteiger partial charge in [-0.1, -0.05) is 24.6 Å². The summed E-state index contributed by atoms with van der Waals surface area (Å²) < 4.78 is 69.1. The van der Waals surface area contributed by atoms with Gasteiger partial charge in [-0.05, 0) is 43.5 Å². The number of fused-ring (bicyclic) bond motifs is 1. The summed E-state index contributed by atoms with van der Waals surface area (Å²) in [5.41, 5.74) is -4.17. The molecule has 0 aliphatic rings. The van der Waals surface area contributed by atoms with Gasteiger partial charge in [-0.2, -0.15) is 27.1 Å². The fourth-order valence-electron chi connectivity index (χ4n) is 3.03. The molecule has 2 N–H and O–H groups in total. The maximum atomic E-state index is 14.4. The van der Waals surface area contributed by atoms with Crippen molar-refractivity contribution in [1.29, 1.82) is 0 Å². The number of carbonyl (C=O) groups excluding carboxylic acids is 1. The van der Waals surface area contributed by atoms with Gasteiger partial charge in [-0.3, -0.25) is 9.59 Å². The molecule has 12 heteroatoms. The monoisotopic (exact) mass is 476 g/mol. The predicted molar refractivity (Wildman–Crippen MR) is 108 cm³/mol. The van der Waals surface area contributed by atoms with E-state index >= 15 is 0 Å². The van der Waals surface area contributed by atoms with Crippen LogP contribution in [0.15, 0.2) is 29.2 Å². The minimum absolute atomic E-state index is 0.0838. The maximum Gasteiger partial charge on any atom is 0.458 e. The van der Waals surface area contributed by atoms with Crippen molar-refractivity contribution in [1.82, 2.24) is 19.9 Å². The summed E-state index contributed by atoms with van der Waals surface area (Å²) in [6, 6.07) is 4.12. The van der Waals surface area contributed by atoms with E-state index in [1.807, 2.05) is 0 Å². The molecule has 0 saturated carbocycles. The molecule has 0 fully saturated rings. The van der Waals surface area contributed by atoms with Crippen molar-refractivity contribution >= 4 is 23.0 Å². The van der Waals surface area contributed by atoms with E-state index in [-0.39, 0.29) is 5.69 Å². The first-order chi connectivity index (χ1) is 14.8. The number of aromatic amines is 1. The minimum atomic E-state index is -6.06. The lowest BCUT2D eigenvalue weighted by molar-refractivity contribution is -0.288. The average Bonchev–Trinajstić information content (AvgIpc) is 3.10. The smallest absolute Gasteiger partial charge is 0.348 e. The standard InChI is InChI=1S/C20H18ClF5N4O2/c1-4-10(3)27-17(31)15-14(19(22,23)20(24,25)26)16-18(32)28-13(8-30(16)29-15)11-5-6-12(21)9(2)7-11/h5-8,10H,4H2,1-3H3,(H,27,31)(H,28,32)/t10-/m1/s1. The number of carbonyl (C=O) groups is 1. The van der Waals surface area contributed by atoms with Gasteiger partial charge in [0, 0.05) is 11.1 Å². The van der Waals surface area contributed by atoms with Gasteiger partial charge < -0.3 is 10.3 Å². The Morgan fingerprint density at radius 2 is 1.94 bits per heavy atom. The topological polar surface area (TPSA) is 79.3 Å². The van der Waals surface area contributed by atoms with Crippen LogP contribution in [0.3, 0.4) is 0 Å². The van der Waals surface area contributed by atoms with Crippen LogP contribution in [0.5, 0.6) is 0 Å². The Hall–Kier alpha value is -2.95. The number of halogens is 6. The van der Waals surface area contributed by atoms with Crippen molar-refractivity contribution in [2.24, 2.45) is 0 Å². The zero-order valence-corrected chi connectivity index (χ0v) is 17.8. The predicted octanol–water partition coefficient (Wildman–Crippen LogP) is 4.83. The van der Waals surface area contributed by atoms with Gasteiger partial charge in [0.1, 0.15) is 5.52 Å². The molecule has 0 radical (unpaired) electrons. The molecule has 2 heterocycles. The highest BCUT2D eigenvalue weighted by molar-refractivity contribution is 6.31. The first kappa shape index (κ1) is 23.7. The first-order valence-electron chi connectivity index (χ1n) is 9.46. The molecular formula is C20H18ClF5N4O2. The van der Waals surface area contributed by atoms with Gasteiger partial charge in [-0.15, -0.1) is 0 Å². The summed E-state index contributed by atoms with van der Waals surface area (Å²) in [7, 11) is 0. The molecule has 0 unspecified atom stereocenters. The molecule has 0 bridgehead atoms. The van der Waals surface area contributed by atoms with Crippen molar-refractivity contribution in [3.05, 3.63) is 56.6 Å². The molecule has 0 aliphatic carbocycles. The second-order valence-electron chi connectivity index (χ2n) is 7.33. The molecule has 0 spiro atoms. The molecule has 172 valence electrons. The van der Waals surface area contributed by atoms with Crippen LogP contribution in [-0.4, -0.2) is 32.7 Å². The highest BCUT2D eigenvalue weighted by atomic mass is 35.5. The van der Waals surface area contributed by atoms with Crippen LogP contribution >= 0.6 is 11.6 Å². The second kappa shape index (κ2) is 8.19. The van der Waals surface area contributed by atoms with Crippen LogP contribution in [-0.2, 0) is 5.92 Å². The summed E-state index contributed by atoms with van der Waals surface area (Å²) in [5, 5.41) is 6.39. The Kier molecular flexibility index (Phi) is 6.07. The lowest BCUT2D eigenvalue weighted by atomic mass is 10.1. The normalized spacial score (nSPS) is 13.4. The third kappa shape index (κ3) is 4.08. The number of amides is 1. The highest BCUT2D eigenvalue weighted by Gasteiger charge is 2.62. The van der Waals surface area contributed by atoms with Gasteiger partial charge >= 0.3 is 12.1 Å². The van der Waals surface area contributed by atoms with E-state index < -0.39 is 46.4 Å². The third-order valence-corrected chi connectivity index (χ3v) is 5.39. The Balaban J connectivity index is 2.31. The van der Waals surface area contributed by atoms with Crippen LogP contribution in [0.1, 0.15) is 41.9 Å². The largest absolute Gasteiger partial charge is 0.458 e. The van der Waals surface area contributed by atoms with Crippen molar-refractivity contribution < 1.29 is 26.7 Å². The van der Waals surface area contributed by atoms with E-state index in [9.17, 15) is 31.5 Å². The zero-order chi connectivity index (χ0) is 24.0. The maximum absolute atomic E-state index is 14.4. The van der Waals surface area contributed by atoms with E-state index in [1.54, 1.807) is 26.8 Å². The van der Waals surface area contributed by atoms with Gasteiger partial charge in [0.2, 0.25) is 0 Å². The molecular weight excluding hydrogens is 459 g/mol. The van der Waals surface area contributed by atoms with Gasteiger partial charge in [-0.25, -0.2) is 4.52 Å². The number of H-pyrrole nitrogens is 1. The third-order valence-electron chi connectivity index (χ3n) is 4.97. The average molecular weight is 477 g/mol. The summed E-state index contributed by atoms with van der Waals surface area (Å²) in [4.78, 5) is 27.5. The number of aromatic nitrogens is 3. The van der Waals surface area contributed by atoms with Crippen LogP contribution in [0.2, 0.25) is 5.02 Å². The lowest BCUT2D eigenvalue weighted by Crippen LogP contribution is -2.38. The molecule has 3 rings (SSSR count). The van der Waals surface area contributed by atoms with Gasteiger partial charge in [0.25, 0.3) is 11.5 Å². The van der Waals surface area contributed by atoms with Crippen LogP contribution in [0, 0.1) is 6.92 Å². The van der Waals surface area contributed by atoms with Crippen molar-refractivity contribution in [3.63, 3.8) is 0 Å². The fourth-order valence-corrected chi connectivity index (χ4v) is 3.15. The Bertz CT molecular complexity index is 1250. The number of hydrogen-bond donors (Lipinski definition) is 2. The summed E-state index contributed by atoms with van der Waals surface area (Å²) in [6.45, 7) is 4.92. The number of hydrogen-bond acceptors (Lipinski definition) is 3. The zero-order valence-electron chi connectivity index (χ0n) is 17.1. The van der Waals surface area contributed by atoms with Crippen molar-refractivity contribution in [2.45, 2.75) is 45.3 Å². The van der Waals surface area contributed by atoms with E-state index in [4.69, 9.17) is 11.6 Å². The summed E-state index contributed by atoms with van der Waals surface area (Å²) in [5.74, 6) is -6.74. The van der Waals surface area contributed by atoms with E-state index in [0.29, 0.717) is 27.1 Å². The van der Waals surface area contributed by atoms with Gasteiger partial charge in [0.05, 0.1) is 17.5 Å². The SMILES string of the molecule is CC[C@@H](C)NC(=O)c1nn2cc(-c3ccc(Cl)c(C)c3)[nH]c(=O)c2c1C(F)(F)C(F)(F)F. The van der Waals surface area contributed by atoms with E-state index in [2.05, 4.69) is 15.4 Å². The molecule has 32 heavy (non-hydrogen) atoms. The molecule has 0 saturated heterocycles. The van der Waals surface area contributed by atoms with Crippen LogP contribution in [0.25, 0.3) is 16.8 Å². The molecule has 3 aromatic rings. The number of aryl methyl sites for hydroxylation is 1. The first-order valence-corrected chi connectivity index (χ1v) is 9.83. The van der Waals surface area contributed by atoms with E-state index in [1.165, 1.54) is 12.1 Å². The molecule has 0 aliphatic heterocycles. The Labute approximate surface area is 183 Å². The van der Waals surface area contributed by atoms with Crippen molar-refractivity contribution in [3.8, 4) is 11.3 Å². The molecule has 6 nitrogen and oxygen atoms in total.